The molecule has 3 rings (SSSR count). The SMILES string of the molecule is Cc1ccc(/C=N\NC(=O)CSc2nc3ccccc3n2C)c(O)c1. The van der Waals surface area contributed by atoms with Crippen LogP contribution < -0.4 is 5.43 Å². The molecule has 0 spiro atoms. The Labute approximate surface area is 149 Å². The third kappa shape index (κ3) is 4.00. The summed E-state index contributed by atoms with van der Waals surface area (Å²) in [6.45, 7) is 1.89. The molecule has 2 aromatic carbocycles. The van der Waals surface area contributed by atoms with Crippen LogP contribution in [-0.2, 0) is 11.8 Å². The molecule has 0 radical (unpaired) electrons. The summed E-state index contributed by atoms with van der Waals surface area (Å²) >= 11 is 1.35. The van der Waals surface area contributed by atoms with E-state index in [0.717, 1.165) is 21.8 Å². The first kappa shape index (κ1) is 17.0. The van der Waals surface area contributed by atoms with Gasteiger partial charge in [0.15, 0.2) is 5.16 Å². The number of carbonyl (C=O) groups excluding carboxylic acids is 1. The molecule has 6 nitrogen and oxygen atoms in total. The van der Waals surface area contributed by atoms with Crippen LogP contribution in [0, 0.1) is 6.92 Å². The van der Waals surface area contributed by atoms with E-state index in [1.54, 1.807) is 12.1 Å². The first-order chi connectivity index (χ1) is 12.0. The Morgan fingerprint density at radius 3 is 2.92 bits per heavy atom. The lowest BCUT2D eigenvalue weighted by Crippen LogP contribution is -2.19. The summed E-state index contributed by atoms with van der Waals surface area (Å²) in [6, 6.07) is 13.1. The zero-order valence-corrected chi connectivity index (χ0v) is 14.7. The second kappa shape index (κ2) is 7.40. The highest BCUT2D eigenvalue weighted by molar-refractivity contribution is 7.99. The number of hydrogen-bond acceptors (Lipinski definition) is 5. The Balaban J connectivity index is 1.57. The highest BCUT2D eigenvalue weighted by Crippen LogP contribution is 2.22. The first-order valence-electron chi connectivity index (χ1n) is 7.70. The van der Waals surface area contributed by atoms with Crippen molar-refractivity contribution >= 4 is 34.9 Å². The molecule has 128 valence electrons. The second-order valence-corrected chi connectivity index (χ2v) is 6.53. The largest absolute Gasteiger partial charge is 0.507 e. The van der Waals surface area contributed by atoms with Gasteiger partial charge < -0.3 is 9.67 Å². The van der Waals surface area contributed by atoms with E-state index < -0.39 is 0 Å². The van der Waals surface area contributed by atoms with Gasteiger partial charge in [-0.3, -0.25) is 4.79 Å². The van der Waals surface area contributed by atoms with Crippen LogP contribution in [0.25, 0.3) is 11.0 Å². The van der Waals surface area contributed by atoms with Crippen molar-refractivity contribution < 1.29 is 9.90 Å². The number of hydrazone groups is 1. The molecule has 0 aliphatic rings. The number of rotatable bonds is 5. The van der Waals surface area contributed by atoms with Gasteiger partial charge in [-0.1, -0.05) is 30.0 Å². The molecule has 0 saturated carbocycles. The maximum Gasteiger partial charge on any atom is 0.250 e. The maximum atomic E-state index is 11.9. The van der Waals surface area contributed by atoms with E-state index in [1.165, 1.54) is 18.0 Å². The molecule has 0 bridgehead atoms. The summed E-state index contributed by atoms with van der Waals surface area (Å²) in [5.41, 5.74) is 5.89. The van der Waals surface area contributed by atoms with Gasteiger partial charge in [0.05, 0.1) is 23.0 Å². The molecule has 7 heteroatoms. The van der Waals surface area contributed by atoms with Gasteiger partial charge in [-0.05, 0) is 36.8 Å². The summed E-state index contributed by atoms with van der Waals surface area (Å²) < 4.78 is 1.96. The van der Waals surface area contributed by atoms with Crippen LogP contribution in [0.5, 0.6) is 5.75 Å². The van der Waals surface area contributed by atoms with Crippen molar-refractivity contribution in [2.45, 2.75) is 12.1 Å². The van der Waals surface area contributed by atoms with Gasteiger partial charge in [0, 0.05) is 12.6 Å². The third-order valence-electron chi connectivity index (χ3n) is 3.66. The number of nitrogens with zero attached hydrogens (tertiary/aromatic N) is 3. The number of thioether (sulfide) groups is 1. The molecule has 0 aliphatic heterocycles. The Kier molecular flexibility index (Phi) is 5.04. The van der Waals surface area contributed by atoms with E-state index >= 15 is 0 Å². The first-order valence-corrected chi connectivity index (χ1v) is 8.69. The van der Waals surface area contributed by atoms with Crippen LogP contribution in [0.2, 0.25) is 0 Å². The highest BCUT2D eigenvalue weighted by Gasteiger charge is 2.09. The smallest absolute Gasteiger partial charge is 0.250 e. The van der Waals surface area contributed by atoms with E-state index in [4.69, 9.17) is 0 Å². The van der Waals surface area contributed by atoms with Crippen LogP contribution >= 0.6 is 11.8 Å². The zero-order valence-electron chi connectivity index (χ0n) is 13.9. The minimum atomic E-state index is -0.236. The number of fused-ring (bicyclic) bond motifs is 1. The lowest BCUT2D eigenvalue weighted by atomic mass is 10.1. The van der Waals surface area contributed by atoms with E-state index in [9.17, 15) is 9.90 Å². The lowest BCUT2D eigenvalue weighted by Gasteiger charge is -2.02. The standard InChI is InChI=1S/C18H18N4O2S/c1-12-7-8-13(16(23)9-12)10-19-21-17(24)11-25-18-20-14-5-3-4-6-15(14)22(18)2/h3-10,23H,11H2,1-2H3,(H,21,24)/b19-10-. The quantitative estimate of drug-likeness (QED) is 0.419. The predicted octanol–water partition coefficient (Wildman–Crippen LogP) is 2.83. The molecular weight excluding hydrogens is 336 g/mol. The van der Waals surface area contributed by atoms with Gasteiger partial charge in [-0.15, -0.1) is 0 Å². The van der Waals surface area contributed by atoms with E-state index in [0.29, 0.717) is 5.56 Å². The minimum absolute atomic E-state index is 0.132. The molecular formula is C18H18N4O2S. The Hall–Kier alpha value is -2.80. The third-order valence-corrected chi connectivity index (χ3v) is 4.69. The number of hydrogen-bond donors (Lipinski definition) is 2. The number of phenols is 1. The Morgan fingerprint density at radius 1 is 1.36 bits per heavy atom. The number of nitrogens with one attached hydrogen (secondary N) is 1. The van der Waals surface area contributed by atoms with E-state index in [1.807, 2.05) is 48.9 Å². The number of amides is 1. The molecule has 0 saturated heterocycles. The van der Waals surface area contributed by atoms with Gasteiger partial charge in [0.1, 0.15) is 5.75 Å². The normalized spacial score (nSPS) is 11.3. The minimum Gasteiger partial charge on any atom is -0.507 e. The number of para-hydroxylation sites is 2. The maximum absolute atomic E-state index is 11.9. The molecule has 0 atom stereocenters. The van der Waals surface area contributed by atoms with E-state index in [2.05, 4.69) is 15.5 Å². The molecule has 0 aliphatic carbocycles. The molecule has 0 unspecified atom stereocenters. The average molecular weight is 354 g/mol. The fourth-order valence-corrected chi connectivity index (χ4v) is 3.13. The number of aromatic nitrogens is 2. The summed E-state index contributed by atoms with van der Waals surface area (Å²) in [6.07, 6.45) is 1.42. The van der Waals surface area contributed by atoms with Gasteiger partial charge in [-0.2, -0.15) is 5.10 Å². The van der Waals surface area contributed by atoms with Crippen molar-refractivity contribution in [1.29, 1.82) is 0 Å². The molecule has 2 N–H and O–H groups in total. The number of phenolic OH excluding ortho intramolecular Hbond substituents is 1. The van der Waals surface area contributed by atoms with Crippen molar-refractivity contribution in [2.24, 2.45) is 12.1 Å². The molecule has 25 heavy (non-hydrogen) atoms. The van der Waals surface area contributed by atoms with Crippen molar-refractivity contribution in [2.75, 3.05) is 5.75 Å². The van der Waals surface area contributed by atoms with Crippen molar-refractivity contribution in [3.05, 3.63) is 53.6 Å². The van der Waals surface area contributed by atoms with Crippen LogP contribution in [-0.4, -0.2) is 32.5 Å². The summed E-state index contributed by atoms with van der Waals surface area (Å²) in [5.74, 6) is 0.0981. The molecule has 3 aromatic rings. The van der Waals surface area contributed by atoms with Crippen LogP contribution in [0.4, 0.5) is 0 Å². The van der Waals surface area contributed by atoms with Gasteiger partial charge in [0.2, 0.25) is 0 Å². The lowest BCUT2D eigenvalue weighted by molar-refractivity contribution is -0.118. The average Bonchev–Trinajstić information content (AvgIpc) is 2.91. The van der Waals surface area contributed by atoms with Crippen molar-refractivity contribution in [3.8, 4) is 5.75 Å². The zero-order chi connectivity index (χ0) is 17.8. The van der Waals surface area contributed by atoms with Crippen LogP contribution in [0.15, 0.2) is 52.7 Å². The number of carbonyl (C=O) groups is 1. The molecule has 1 amide bonds. The van der Waals surface area contributed by atoms with Gasteiger partial charge in [-0.25, -0.2) is 10.4 Å². The topological polar surface area (TPSA) is 79.5 Å². The fraction of sp³-hybridized carbons (Fsp3) is 0.167. The number of benzene rings is 2. The summed E-state index contributed by atoms with van der Waals surface area (Å²) in [5, 5.41) is 14.4. The summed E-state index contributed by atoms with van der Waals surface area (Å²) in [7, 11) is 1.92. The number of imidazole rings is 1. The fourth-order valence-electron chi connectivity index (χ4n) is 2.35. The van der Waals surface area contributed by atoms with Crippen LogP contribution in [0.3, 0.4) is 0 Å². The van der Waals surface area contributed by atoms with Crippen LogP contribution in [0.1, 0.15) is 11.1 Å². The van der Waals surface area contributed by atoms with Gasteiger partial charge in [0.25, 0.3) is 5.91 Å². The number of aryl methyl sites for hydroxylation is 2. The van der Waals surface area contributed by atoms with Gasteiger partial charge >= 0.3 is 0 Å². The number of aromatic hydroxyl groups is 1. The molecule has 1 aromatic heterocycles. The van der Waals surface area contributed by atoms with Crippen molar-refractivity contribution in [1.82, 2.24) is 15.0 Å². The highest BCUT2D eigenvalue weighted by atomic mass is 32.2. The Bertz CT molecular complexity index is 949. The van der Waals surface area contributed by atoms with E-state index in [-0.39, 0.29) is 17.4 Å². The molecule has 0 fully saturated rings. The monoisotopic (exact) mass is 354 g/mol. The Morgan fingerprint density at radius 2 is 2.16 bits per heavy atom. The predicted molar refractivity (Wildman–Crippen MR) is 100 cm³/mol. The van der Waals surface area contributed by atoms with Crippen molar-refractivity contribution in [3.63, 3.8) is 0 Å². The molecule has 1 heterocycles. The summed E-state index contributed by atoms with van der Waals surface area (Å²) in [4.78, 5) is 16.4. The second-order valence-electron chi connectivity index (χ2n) is 5.59.